The van der Waals surface area contributed by atoms with Gasteiger partial charge in [-0.25, -0.2) is 0 Å². The van der Waals surface area contributed by atoms with Gasteiger partial charge in [-0.3, -0.25) is 9.59 Å². The Morgan fingerprint density at radius 2 is 1.67 bits per heavy atom. The topological polar surface area (TPSA) is 113 Å². The highest BCUT2D eigenvalue weighted by Crippen LogP contribution is 2.23. The molecule has 0 unspecified atom stereocenters. The van der Waals surface area contributed by atoms with Crippen LogP contribution in [0.5, 0.6) is 0 Å². The monoisotopic (exact) mass is 492 g/mol. The van der Waals surface area contributed by atoms with Crippen molar-refractivity contribution in [2.75, 3.05) is 19.7 Å². The van der Waals surface area contributed by atoms with Gasteiger partial charge in [0, 0.05) is 25.3 Å². The van der Waals surface area contributed by atoms with Gasteiger partial charge < -0.3 is 15.3 Å². The van der Waals surface area contributed by atoms with E-state index in [0.717, 1.165) is 23.1 Å². The number of amides is 2. The molecule has 0 spiro atoms. The number of aliphatic hydroxyl groups excluding tert-OH is 1. The quantitative estimate of drug-likeness (QED) is 0.402. The summed E-state index contributed by atoms with van der Waals surface area (Å²) in [5.41, 5.74) is 3.69. The summed E-state index contributed by atoms with van der Waals surface area (Å²) in [4.78, 5) is 29.6. The molecular formula is C27H36N6O3. The minimum absolute atomic E-state index is 0.0987. The first-order valence-corrected chi connectivity index (χ1v) is 12.4. The molecule has 3 rings (SSSR count). The van der Waals surface area contributed by atoms with Crippen molar-refractivity contribution in [1.82, 2.24) is 30.4 Å². The van der Waals surface area contributed by atoms with Crippen LogP contribution in [0.1, 0.15) is 49.4 Å². The summed E-state index contributed by atoms with van der Waals surface area (Å²) in [5.74, 6) is 0.279. The van der Waals surface area contributed by atoms with Crippen LogP contribution in [0.25, 0.3) is 11.4 Å². The summed E-state index contributed by atoms with van der Waals surface area (Å²) in [6, 6.07) is 14.5. The lowest BCUT2D eigenvalue weighted by Crippen LogP contribution is -2.46. The maximum Gasteiger partial charge on any atom is 0.247 e. The first kappa shape index (κ1) is 27.0. The van der Waals surface area contributed by atoms with Crippen molar-refractivity contribution in [3.05, 3.63) is 65.2 Å². The number of nitrogens with one attached hydrogen (secondary N) is 1. The lowest BCUT2D eigenvalue weighted by molar-refractivity contribution is -0.142. The van der Waals surface area contributed by atoms with Gasteiger partial charge in [-0.05, 0) is 43.4 Å². The summed E-state index contributed by atoms with van der Waals surface area (Å²) < 4.78 is 0. The molecule has 2 aromatic carbocycles. The number of carbonyl (C=O) groups excluding carboxylic acids is 2. The summed E-state index contributed by atoms with van der Waals surface area (Å²) in [6.07, 6.45) is 1.17. The van der Waals surface area contributed by atoms with Gasteiger partial charge in [0.1, 0.15) is 12.6 Å². The van der Waals surface area contributed by atoms with Crippen LogP contribution in [0, 0.1) is 19.8 Å². The van der Waals surface area contributed by atoms with Crippen LogP contribution >= 0.6 is 0 Å². The van der Waals surface area contributed by atoms with E-state index in [2.05, 4.69) is 34.6 Å². The lowest BCUT2D eigenvalue weighted by Gasteiger charge is -2.31. The number of tetrazole rings is 1. The smallest absolute Gasteiger partial charge is 0.247 e. The Morgan fingerprint density at radius 3 is 2.28 bits per heavy atom. The molecule has 0 radical (unpaired) electrons. The molecule has 36 heavy (non-hydrogen) atoms. The average molecular weight is 493 g/mol. The highest BCUT2D eigenvalue weighted by Gasteiger charge is 2.31. The molecule has 1 aromatic heterocycles. The van der Waals surface area contributed by atoms with Gasteiger partial charge in [0.25, 0.3) is 0 Å². The summed E-state index contributed by atoms with van der Waals surface area (Å²) >= 11 is 0. The van der Waals surface area contributed by atoms with E-state index >= 15 is 0 Å². The van der Waals surface area contributed by atoms with Crippen LogP contribution in [0.4, 0.5) is 0 Å². The predicted molar refractivity (Wildman–Crippen MR) is 138 cm³/mol. The molecule has 0 fully saturated rings. The fourth-order valence-corrected chi connectivity index (χ4v) is 3.78. The fourth-order valence-electron chi connectivity index (χ4n) is 3.78. The third-order valence-electron chi connectivity index (χ3n) is 5.89. The molecule has 0 bridgehead atoms. The maximum absolute atomic E-state index is 13.5. The van der Waals surface area contributed by atoms with Crippen molar-refractivity contribution >= 4 is 11.8 Å². The summed E-state index contributed by atoms with van der Waals surface area (Å²) in [6.45, 7) is 8.61. The number of aliphatic hydroxyl groups is 1. The van der Waals surface area contributed by atoms with E-state index in [9.17, 15) is 14.7 Å². The van der Waals surface area contributed by atoms with E-state index in [1.54, 1.807) is 0 Å². The van der Waals surface area contributed by atoms with Gasteiger partial charge in [-0.1, -0.05) is 73.5 Å². The molecular weight excluding hydrogens is 456 g/mol. The Kier molecular flexibility index (Phi) is 9.69. The highest BCUT2D eigenvalue weighted by molar-refractivity contribution is 5.88. The average Bonchev–Trinajstić information content (AvgIpc) is 3.31. The summed E-state index contributed by atoms with van der Waals surface area (Å²) in [5, 5.41) is 25.0. The number of benzene rings is 2. The third-order valence-corrected chi connectivity index (χ3v) is 5.89. The van der Waals surface area contributed by atoms with Gasteiger partial charge in [-0.2, -0.15) is 4.80 Å². The van der Waals surface area contributed by atoms with Crippen molar-refractivity contribution in [2.45, 2.75) is 53.1 Å². The number of carbonyl (C=O) groups is 2. The van der Waals surface area contributed by atoms with Crippen LogP contribution in [0.2, 0.25) is 0 Å². The number of rotatable bonds is 12. The minimum atomic E-state index is -0.836. The van der Waals surface area contributed by atoms with E-state index in [-0.39, 0.29) is 31.5 Å². The molecule has 2 amide bonds. The Labute approximate surface area is 212 Å². The molecule has 0 aliphatic carbocycles. The maximum atomic E-state index is 13.5. The zero-order chi connectivity index (χ0) is 26.1. The Morgan fingerprint density at radius 1 is 1.03 bits per heavy atom. The van der Waals surface area contributed by atoms with Gasteiger partial charge in [0.15, 0.2) is 0 Å². The third kappa shape index (κ3) is 7.45. The lowest BCUT2D eigenvalue weighted by atomic mass is 10.0. The van der Waals surface area contributed by atoms with Crippen LogP contribution in [0.3, 0.4) is 0 Å². The van der Waals surface area contributed by atoms with Gasteiger partial charge in [-0.15, -0.1) is 10.2 Å². The van der Waals surface area contributed by atoms with E-state index < -0.39 is 6.04 Å². The Bertz CT molecular complexity index is 1130. The molecule has 0 saturated carbocycles. The van der Waals surface area contributed by atoms with Crippen molar-refractivity contribution in [2.24, 2.45) is 5.92 Å². The van der Waals surface area contributed by atoms with Crippen LogP contribution in [-0.4, -0.2) is 61.7 Å². The SMILES string of the molecule is Cc1ccc(-c2nnn(CC(=O)N(CCCO)[C@H](C(=O)NCCC(C)C)c3ccc(C)cc3)n2)cc1. The number of nitrogens with zero attached hydrogens (tertiary/aromatic N) is 5. The Hall–Kier alpha value is -3.59. The largest absolute Gasteiger partial charge is 0.396 e. The molecule has 0 aliphatic heterocycles. The van der Waals surface area contributed by atoms with Crippen molar-refractivity contribution in [3.63, 3.8) is 0 Å². The molecule has 2 N–H and O–H groups in total. The normalized spacial score (nSPS) is 11.9. The summed E-state index contributed by atoms with van der Waals surface area (Å²) in [7, 11) is 0. The standard InChI is InChI=1S/C27H36N6O3/c1-19(2)14-15-28-27(36)25(22-10-6-20(3)7-11-22)32(16-5-17-34)24(35)18-33-30-26(29-31-33)23-12-8-21(4)9-13-23/h6-13,19,25,34H,5,14-18H2,1-4H3,(H,28,36)/t25-/m0/s1. The number of hydrogen-bond acceptors (Lipinski definition) is 6. The second kappa shape index (κ2) is 12.9. The molecule has 9 heteroatoms. The zero-order valence-electron chi connectivity index (χ0n) is 21.5. The highest BCUT2D eigenvalue weighted by atomic mass is 16.3. The molecule has 3 aromatic rings. The van der Waals surface area contributed by atoms with E-state index in [4.69, 9.17) is 0 Å². The number of hydrogen-bond donors (Lipinski definition) is 2. The van der Waals surface area contributed by atoms with Crippen molar-refractivity contribution in [1.29, 1.82) is 0 Å². The number of aromatic nitrogens is 4. The molecule has 1 atom stereocenters. The molecule has 0 saturated heterocycles. The molecule has 9 nitrogen and oxygen atoms in total. The van der Waals surface area contributed by atoms with Crippen molar-refractivity contribution in [3.8, 4) is 11.4 Å². The first-order valence-electron chi connectivity index (χ1n) is 12.4. The van der Waals surface area contributed by atoms with Crippen molar-refractivity contribution < 1.29 is 14.7 Å². The molecule has 1 heterocycles. The minimum Gasteiger partial charge on any atom is -0.396 e. The first-order chi connectivity index (χ1) is 17.3. The van der Waals surface area contributed by atoms with Crippen LogP contribution in [0.15, 0.2) is 48.5 Å². The zero-order valence-corrected chi connectivity index (χ0v) is 21.5. The second-order valence-electron chi connectivity index (χ2n) is 9.46. The van der Waals surface area contributed by atoms with Gasteiger partial charge >= 0.3 is 0 Å². The van der Waals surface area contributed by atoms with E-state index in [0.29, 0.717) is 30.3 Å². The molecule has 192 valence electrons. The number of aryl methyl sites for hydroxylation is 2. The van der Waals surface area contributed by atoms with Gasteiger partial charge in [0.2, 0.25) is 17.6 Å². The van der Waals surface area contributed by atoms with E-state index in [1.807, 2.05) is 62.4 Å². The van der Waals surface area contributed by atoms with Crippen LogP contribution in [-0.2, 0) is 16.1 Å². The fraction of sp³-hybridized carbons (Fsp3) is 0.444. The van der Waals surface area contributed by atoms with E-state index in [1.165, 1.54) is 9.70 Å². The Balaban J connectivity index is 1.85. The van der Waals surface area contributed by atoms with Gasteiger partial charge in [0.05, 0.1) is 0 Å². The second-order valence-corrected chi connectivity index (χ2v) is 9.46. The predicted octanol–water partition coefficient (Wildman–Crippen LogP) is 3.07. The molecule has 0 aliphatic rings. The van der Waals surface area contributed by atoms with Crippen LogP contribution < -0.4 is 5.32 Å².